The van der Waals surface area contributed by atoms with Crippen LogP contribution in [0.5, 0.6) is 0 Å². The van der Waals surface area contributed by atoms with Crippen LogP contribution in [0, 0.1) is 0 Å². The van der Waals surface area contributed by atoms with Gasteiger partial charge in [-0.2, -0.15) is 0 Å². The summed E-state index contributed by atoms with van der Waals surface area (Å²) in [5, 5.41) is 10.9. The summed E-state index contributed by atoms with van der Waals surface area (Å²) in [4.78, 5) is 1.21. The molecule has 0 saturated carbocycles. The molecule has 0 bridgehead atoms. The molecule has 0 atom stereocenters. The maximum atomic E-state index is 6.15. The summed E-state index contributed by atoms with van der Waals surface area (Å²) in [5.74, 6) is 2.38. The molecule has 0 amide bonds. The predicted molar refractivity (Wildman–Crippen MR) is 123 cm³/mol. The average Bonchev–Trinajstić information content (AvgIpc) is 3.17. The highest BCUT2D eigenvalue weighted by molar-refractivity contribution is 7.98. The van der Waals surface area contributed by atoms with Crippen molar-refractivity contribution >= 4 is 46.7 Å². The van der Waals surface area contributed by atoms with Gasteiger partial charge in [-0.05, 0) is 42.0 Å². The first-order valence-electron chi connectivity index (χ1n) is 8.95. The fourth-order valence-corrected chi connectivity index (χ4v) is 4.83. The fourth-order valence-electron chi connectivity index (χ4n) is 2.77. The van der Waals surface area contributed by atoms with E-state index in [1.165, 1.54) is 4.90 Å². The van der Waals surface area contributed by atoms with Gasteiger partial charge in [0.05, 0.1) is 15.8 Å². The first-order valence-corrected chi connectivity index (χ1v) is 11.7. The van der Waals surface area contributed by atoms with Gasteiger partial charge in [-0.1, -0.05) is 77.4 Å². The molecule has 4 rings (SSSR count). The number of para-hydroxylation sites is 1. The van der Waals surface area contributed by atoms with Crippen LogP contribution >= 0.6 is 46.7 Å². The van der Waals surface area contributed by atoms with Gasteiger partial charge in [0.25, 0.3) is 0 Å². The van der Waals surface area contributed by atoms with E-state index < -0.39 is 0 Å². The number of nitrogens with zero attached hydrogens (tertiary/aromatic N) is 3. The molecule has 3 aromatic carbocycles. The zero-order valence-electron chi connectivity index (χ0n) is 15.3. The molecule has 29 heavy (non-hydrogen) atoms. The molecule has 0 spiro atoms. The average molecular weight is 458 g/mol. The van der Waals surface area contributed by atoms with Gasteiger partial charge in [-0.15, -0.1) is 22.0 Å². The van der Waals surface area contributed by atoms with E-state index in [1.54, 1.807) is 23.5 Å². The highest BCUT2D eigenvalue weighted by Gasteiger charge is 2.15. The molecule has 3 nitrogen and oxygen atoms in total. The zero-order valence-corrected chi connectivity index (χ0v) is 18.5. The summed E-state index contributed by atoms with van der Waals surface area (Å²) in [6, 6.07) is 26.2. The molecule has 146 valence electrons. The van der Waals surface area contributed by atoms with Crippen molar-refractivity contribution in [1.82, 2.24) is 14.8 Å². The number of aromatic nitrogens is 3. The monoisotopic (exact) mass is 457 g/mol. The Labute approximate surface area is 188 Å². The van der Waals surface area contributed by atoms with Gasteiger partial charge in [0.1, 0.15) is 5.82 Å². The molecule has 0 N–H and O–H groups in total. The minimum Gasteiger partial charge on any atom is -0.273 e. The molecular weight excluding hydrogens is 441 g/mol. The lowest BCUT2D eigenvalue weighted by Gasteiger charge is -2.10. The fraction of sp³-hybridized carbons (Fsp3) is 0.0909. The Hall–Kier alpha value is -1.92. The summed E-state index contributed by atoms with van der Waals surface area (Å²) in [6.45, 7) is 0. The Morgan fingerprint density at radius 3 is 2.17 bits per heavy atom. The predicted octanol–water partition coefficient (Wildman–Crippen LogP) is 7.16. The van der Waals surface area contributed by atoms with Crippen molar-refractivity contribution in [2.24, 2.45) is 0 Å². The third-order valence-corrected chi connectivity index (χ3v) is 6.93. The van der Waals surface area contributed by atoms with Crippen LogP contribution in [0.15, 0.2) is 88.9 Å². The van der Waals surface area contributed by atoms with Crippen LogP contribution in [0.4, 0.5) is 0 Å². The molecule has 1 heterocycles. The molecular formula is C22H17Cl2N3S2. The van der Waals surface area contributed by atoms with Crippen molar-refractivity contribution in [3.05, 3.63) is 100 Å². The van der Waals surface area contributed by atoms with Crippen molar-refractivity contribution in [2.45, 2.75) is 21.6 Å². The maximum Gasteiger partial charge on any atom is 0.196 e. The molecule has 0 unspecified atom stereocenters. The molecule has 4 aromatic rings. The van der Waals surface area contributed by atoms with Gasteiger partial charge in [0.2, 0.25) is 0 Å². The van der Waals surface area contributed by atoms with E-state index >= 15 is 0 Å². The topological polar surface area (TPSA) is 30.7 Å². The third kappa shape index (κ3) is 5.17. The van der Waals surface area contributed by atoms with Crippen LogP contribution in [-0.4, -0.2) is 14.8 Å². The smallest absolute Gasteiger partial charge is 0.196 e. The highest BCUT2D eigenvalue weighted by Crippen LogP contribution is 2.30. The van der Waals surface area contributed by atoms with E-state index in [2.05, 4.69) is 39.0 Å². The summed E-state index contributed by atoms with van der Waals surface area (Å²) in [5.41, 5.74) is 2.14. The van der Waals surface area contributed by atoms with Gasteiger partial charge in [0.15, 0.2) is 5.16 Å². The molecule has 0 aliphatic carbocycles. The van der Waals surface area contributed by atoms with Crippen LogP contribution in [0.25, 0.3) is 5.69 Å². The van der Waals surface area contributed by atoms with Crippen LogP contribution in [0.3, 0.4) is 0 Å². The first kappa shape index (κ1) is 20.4. The van der Waals surface area contributed by atoms with Gasteiger partial charge in [-0.25, -0.2) is 0 Å². The second-order valence-corrected chi connectivity index (χ2v) is 9.01. The molecule has 0 radical (unpaired) electrons. The van der Waals surface area contributed by atoms with Gasteiger partial charge >= 0.3 is 0 Å². The van der Waals surface area contributed by atoms with Crippen LogP contribution in [0.1, 0.15) is 11.4 Å². The van der Waals surface area contributed by atoms with Crippen molar-refractivity contribution in [3.63, 3.8) is 0 Å². The zero-order chi connectivity index (χ0) is 20.1. The SMILES string of the molecule is Clc1ccc(CSc2nnc(CSc3ccccc3)n2-c2ccccc2)cc1Cl. The van der Waals surface area contributed by atoms with Gasteiger partial charge in [-0.3, -0.25) is 4.57 Å². The highest BCUT2D eigenvalue weighted by atomic mass is 35.5. The van der Waals surface area contributed by atoms with E-state index in [9.17, 15) is 0 Å². The number of hydrogen-bond donors (Lipinski definition) is 0. The lowest BCUT2D eigenvalue weighted by molar-refractivity contribution is 0.864. The number of thioether (sulfide) groups is 2. The van der Waals surface area contributed by atoms with E-state index in [0.717, 1.165) is 33.7 Å². The van der Waals surface area contributed by atoms with E-state index in [4.69, 9.17) is 23.2 Å². The molecule has 1 aromatic heterocycles. The third-order valence-electron chi connectivity index (χ3n) is 4.18. The molecule has 7 heteroatoms. The summed E-state index contributed by atoms with van der Waals surface area (Å²) < 4.78 is 2.12. The Morgan fingerprint density at radius 2 is 1.45 bits per heavy atom. The number of rotatable bonds is 7. The van der Waals surface area contributed by atoms with Crippen LogP contribution in [-0.2, 0) is 11.5 Å². The first-order chi connectivity index (χ1) is 14.2. The normalized spacial score (nSPS) is 11.0. The van der Waals surface area contributed by atoms with Crippen molar-refractivity contribution < 1.29 is 0 Å². The standard InChI is InChI=1S/C22H17Cl2N3S2/c23-19-12-11-16(13-20(19)24)14-29-22-26-25-21(15-28-18-9-5-2-6-10-18)27(22)17-7-3-1-4-8-17/h1-13H,14-15H2. The Bertz CT molecular complexity index is 1090. The summed E-state index contributed by atoms with van der Waals surface area (Å²) in [7, 11) is 0. The second-order valence-electron chi connectivity index (χ2n) is 6.21. The van der Waals surface area contributed by atoms with Crippen molar-refractivity contribution in [3.8, 4) is 5.69 Å². The molecule has 0 fully saturated rings. The second kappa shape index (κ2) is 9.72. The quantitative estimate of drug-likeness (QED) is 0.275. The van der Waals surface area contributed by atoms with Crippen LogP contribution in [0.2, 0.25) is 10.0 Å². The molecule has 0 aliphatic heterocycles. The van der Waals surface area contributed by atoms with Crippen LogP contribution < -0.4 is 0 Å². The number of halogens is 2. The van der Waals surface area contributed by atoms with Gasteiger partial charge < -0.3 is 0 Å². The Kier molecular flexibility index (Phi) is 6.82. The lowest BCUT2D eigenvalue weighted by atomic mass is 10.2. The number of hydrogen-bond acceptors (Lipinski definition) is 4. The largest absolute Gasteiger partial charge is 0.273 e. The van der Waals surface area contributed by atoms with Gasteiger partial charge in [0, 0.05) is 16.3 Å². The summed E-state index contributed by atoms with van der Waals surface area (Å²) in [6.07, 6.45) is 0. The minimum atomic E-state index is 0.563. The van der Waals surface area contributed by atoms with E-state index in [-0.39, 0.29) is 0 Å². The lowest BCUT2D eigenvalue weighted by Crippen LogP contribution is -2.01. The van der Waals surface area contributed by atoms with Crippen molar-refractivity contribution in [2.75, 3.05) is 0 Å². The Balaban J connectivity index is 1.58. The molecule has 0 saturated heterocycles. The number of benzene rings is 3. The maximum absolute atomic E-state index is 6.15. The van der Waals surface area contributed by atoms with E-state index in [0.29, 0.717) is 10.0 Å². The summed E-state index contributed by atoms with van der Waals surface area (Å²) >= 11 is 15.6. The molecule has 0 aliphatic rings. The Morgan fingerprint density at radius 1 is 0.724 bits per heavy atom. The minimum absolute atomic E-state index is 0.563. The van der Waals surface area contributed by atoms with Crippen molar-refractivity contribution in [1.29, 1.82) is 0 Å². The van der Waals surface area contributed by atoms with E-state index in [1.807, 2.05) is 54.6 Å².